The standard InChI is InChI=1S/C17H24FNO3/c1-5-14(20)10-11-15(12-6-8-13(18)9-7-12)19-16(21)22-17(2,3)4/h6-9,15H,5,10-11H2,1-4H3,(H,19,21). The number of ketones is 1. The van der Waals surface area contributed by atoms with Crippen molar-refractivity contribution in [1.82, 2.24) is 5.32 Å². The molecule has 0 heterocycles. The molecule has 1 aromatic rings. The van der Waals surface area contributed by atoms with Crippen molar-refractivity contribution in [1.29, 1.82) is 0 Å². The Labute approximate surface area is 131 Å². The summed E-state index contributed by atoms with van der Waals surface area (Å²) in [6.45, 7) is 7.14. The maximum atomic E-state index is 13.0. The molecule has 0 aliphatic heterocycles. The highest BCUT2D eigenvalue weighted by Crippen LogP contribution is 2.20. The van der Waals surface area contributed by atoms with E-state index in [-0.39, 0.29) is 17.6 Å². The van der Waals surface area contributed by atoms with Gasteiger partial charge >= 0.3 is 6.09 Å². The Kier molecular flexibility index (Phi) is 6.53. The monoisotopic (exact) mass is 309 g/mol. The number of carbonyl (C=O) groups is 2. The number of carbonyl (C=O) groups excluding carboxylic acids is 2. The summed E-state index contributed by atoms with van der Waals surface area (Å²) in [6.07, 6.45) is 0.722. The minimum atomic E-state index is -0.601. The molecule has 0 saturated heterocycles. The molecule has 0 spiro atoms. The molecule has 0 aliphatic carbocycles. The number of ether oxygens (including phenoxy) is 1. The Morgan fingerprint density at radius 1 is 1.23 bits per heavy atom. The summed E-state index contributed by atoms with van der Waals surface area (Å²) in [5.41, 5.74) is 0.146. The third kappa shape index (κ3) is 6.70. The minimum Gasteiger partial charge on any atom is -0.444 e. The molecule has 1 rings (SSSR count). The van der Waals surface area contributed by atoms with Crippen LogP contribution in [0, 0.1) is 5.82 Å². The number of rotatable bonds is 6. The summed E-state index contributed by atoms with van der Waals surface area (Å²) >= 11 is 0. The number of nitrogens with one attached hydrogen (secondary N) is 1. The van der Waals surface area contributed by atoms with Crippen LogP contribution in [0.4, 0.5) is 9.18 Å². The van der Waals surface area contributed by atoms with Crippen LogP contribution in [0.15, 0.2) is 24.3 Å². The van der Waals surface area contributed by atoms with Gasteiger partial charge in [0.1, 0.15) is 17.2 Å². The lowest BCUT2D eigenvalue weighted by molar-refractivity contribution is -0.119. The predicted octanol–water partition coefficient (Wildman–Crippen LogP) is 4.15. The molecule has 4 nitrogen and oxygen atoms in total. The van der Waals surface area contributed by atoms with Gasteiger partial charge in [0, 0.05) is 12.8 Å². The number of halogens is 1. The molecular formula is C17H24FNO3. The van der Waals surface area contributed by atoms with Crippen molar-refractivity contribution in [3.05, 3.63) is 35.6 Å². The van der Waals surface area contributed by atoms with E-state index in [1.807, 2.05) is 0 Å². The molecule has 1 unspecified atom stereocenters. The average Bonchev–Trinajstić information content (AvgIpc) is 2.42. The van der Waals surface area contributed by atoms with E-state index in [9.17, 15) is 14.0 Å². The first-order valence-electron chi connectivity index (χ1n) is 7.48. The molecule has 122 valence electrons. The van der Waals surface area contributed by atoms with Gasteiger partial charge in [-0.1, -0.05) is 19.1 Å². The normalized spacial score (nSPS) is 12.6. The van der Waals surface area contributed by atoms with Gasteiger partial charge in [0.05, 0.1) is 6.04 Å². The second-order valence-corrected chi connectivity index (χ2v) is 6.18. The molecule has 1 aromatic carbocycles. The third-order valence-electron chi connectivity index (χ3n) is 3.07. The van der Waals surface area contributed by atoms with Crippen LogP contribution in [0.5, 0.6) is 0 Å². The molecule has 5 heteroatoms. The van der Waals surface area contributed by atoms with Gasteiger partial charge < -0.3 is 10.1 Å². The second kappa shape index (κ2) is 7.92. The van der Waals surface area contributed by atoms with Crippen molar-refractivity contribution in [2.75, 3.05) is 0 Å². The number of Topliss-reactive ketones (excluding diaryl/α,β-unsaturated/α-hetero) is 1. The van der Waals surface area contributed by atoms with E-state index in [2.05, 4.69) is 5.32 Å². The zero-order valence-electron chi connectivity index (χ0n) is 13.6. The van der Waals surface area contributed by atoms with Crippen LogP contribution in [0.25, 0.3) is 0 Å². The summed E-state index contributed by atoms with van der Waals surface area (Å²) in [5, 5.41) is 2.75. The zero-order chi connectivity index (χ0) is 16.8. The van der Waals surface area contributed by atoms with Crippen LogP contribution >= 0.6 is 0 Å². The summed E-state index contributed by atoms with van der Waals surface area (Å²) in [6, 6.07) is 5.49. The highest BCUT2D eigenvalue weighted by molar-refractivity contribution is 5.78. The highest BCUT2D eigenvalue weighted by Gasteiger charge is 2.21. The topological polar surface area (TPSA) is 55.4 Å². The molecule has 1 atom stereocenters. The molecule has 0 radical (unpaired) electrons. The minimum absolute atomic E-state index is 0.123. The van der Waals surface area contributed by atoms with Gasteiger partial charge in [-0.15, -0.1) is 0 Å². The van der Waals surface area contributed by atoms with Crippen molar-refractivity contribution >= 4 is 11.9 Å². The average molecular weight is 309 g/mol. The Morgan fingerprint density at radius 3 is 2.32 bits per heavy atom. The number of amides is 1. The summed E-state index contributed by atoms with van der Waals surface area (Å²) in [7, 11) is 0. The number of alkyl carbamates (subject to hydrolysis) is 1. The molecule has 0 saturated carbocycles. The zero-order valence-corrected chi connectivity index (χ0v) is 13.6. The Hall–Kier alpha value is -1.91. The van der Waals surface area contributed by atoms with E-state index in [1.165, 1.54) is 12.1 Å². The van der Waals surface area contributed by atoms with Gasteiger partial charge in [0.25, 0.3) is 0 Å². The highest BCUT2D eigenvalue weighted by atomic mass is 19.1. The van der Waals surface area contributed by atoms with Crippen molar-refractivity contribution in [2.45, 2.75) is 58.6 Å². The second-order valence-electron chi connectivity index (χ2n) is 6.18. The van der Waals surface area contributed by atoms with Crippen molar-refractivity contribution in [3.63, 3.8) is 0 Å². The fourth-order valence-corrected chi connectivity index (χ4v) is 1.95. The molecule has 22 heavy (non-hydrogen) atoms. The molecule has 0 aromatic heterocycles. The Bertz CT molecular complexity index is 506. The maximum absolute atomic E-state index is 13.0. The number of hydrogen-bond donors (Lipinski definition) is 1. The smallest absolute Gasteiger partial charge is 0.408 e. The van der Waals surface area contributed by atoms with Crippen molar-refractivity contribution < 1.29 is 18.7 Å². The molecular weight excluding hydrogens is 285 g/mol. The molecule has 0 aliphatic rings. The van der Waals surface area contributed by atoms with Gasteiger partial charge in [0.15, 0.2) is 0 Å². The van der Waals surface area contributed by atoms with Crippen LogP contribution in [0.3, 0.4) is 0 Å². The molecule has 0 bridgehead atoms. The van der Waals surface area contributed by atoms with Gasteiger partial charge in [-0.05, 0) is 44.9 Å². The van der Waals surface area contributed by atoms with Gasteiger partial charge in [0.2, 0.25) is 0 Å². The largest absolute Gasteiger partial charge is 0.444 e. The lowest BCUT2D eigenvalue weighted by atomic mass is 10.00. The fourth-order valence-electron chi connectivity index (χ4n) is 1.95. The summed E-state index contributed by atoms with van der Waals surface area (Å²) < 4.78 is 18.3. The number of benzene rings is 1. The fraction of sp³-hybridized carbons (Fsp3) is 0.529. The van der Waals surface area contributed by atoms with E-state index in [0.29, 0.717) is 19.3 Å². The first-order valence-corrected chi connectivity index (χ1v) is 7.48. The van der Waals surface area contributed by atoms with Gasteiger partial charge in [-0.3, -0.25) is 4.79 Å². The molecule has 1 N–H and O–H groups in total. The lowest BCUT2D eigenvalue weighted by Gasteiger charge is -2.24. The van der Waals surface area contributed by atoms with Crippen molar-refractivity contribution in [3.8, 4) is 0 Å². The SMILES string of the molecule is CCC(=O)CCC(NC(=O)OC(C)(C)C)c1ccc(F)cc1. The first-order chi connectivity index (χ1) is 10.2. The van der Waals surface area contributed by atoms with Crippen LogP contribution in [-0.4, -0.2) is 17.5 Å². The first kappa shape index (κ1) is 18.1. The van der Waals surface area contributed by atoms with Gasteiger partial charge in [-0.2, -0.15) is 0 Å². The summed E-state index contributed by atoms with van der Waals surface area (Å²) in [4.78, 5) is 23.4. The van der Waals surface area contributed by atoms with E-state index in [1.54, 1.807) is 39.8 Å². The van der Waals surface area contributed by atoms with Gasteiger partial charge in [-0.25, -0.2) is 9.18 Å². The van der Waals surface area contributed by atoms with E-state index in [0.717, 1.165) is 5.56 Å². The summed E-state index contributed by atoms with van der Waals surface area (Å²) in [5.74, 6) is -0.220. The maximum Gasteiger partial charge on any atom is 0.408 e. The Morgan fingerprint density at radius 2 is 1.82 bits per heavy atom. The van der Waals surface area contributed by atoms with E-state index in [4.69, 9.17) is 4.74 Å². The van der Waals surface area contributed by atoms with Crippen LogP contribution in [-0.2, 0) is 9.53 Å². The number of hydrogen-bond acceptors (Lipinski definition) is 3. The van der Waals surface area contributed by atoms with Crippen LogP contribution in [0.2, 0.25) is 0 Å². The predicted molar refractivity (Wildman–Crippen MR) is 83.0 cm³/mol. The van der Waals surface area contributed by atoms with E-state index >= 15 is 0 Å². The quantitative estimate of drug-likeness (QED) is 0.858. The van der Waals surface area contributed by atoms with Crippen LogP contribution in [0.1, 0.15) is 58.6 Å². The van der Waals surface area contributed by atoms with Crippen molar-refractivity contribution in [2.24, 2.45) is 0 Å². The van der Waals surface area contributed by atoms with E-state index < -0.39 is 11.7 Å². The lowest BCUT2D eigenvalue weighted by Crippen LogP contribution is -2.35. The van der Waals surface area contributed by atoms with Crippen LogP contribution < -0.4 is 5.32 Å². The Balaban J connectivity index is 2.79. The molecule has 1 amide bonds. The third-order valence-corrected chi connectivity index (χ3v) is 3.07. The molecule has 0 fully saturated rings.